The Morgan fingerprint density at radius 3 is 2.58 bits per heavy atom. The first kappa shape index (κ1) is 18.3. The van der Waals surface area contributed by atoms with E-state index in [4.69, 9.17) is 16.3 Å². The molecule has 128 valence electrons. The van der Waals surface area contributed by atoms with Crippen molar-refractivity contribution in [2.75, 3.05) is 20.7 Å². The average Bonchev–Trinajstić information content (AvgIpc) is 2.59. The van der Waals surface area contributed by atoms with Crippen LogP contribution >= 0.6 is 11.6 Å². The van der Waals surface area contributed by atoms with Gasteiger partial charge in [0.25, 0.3) is 0 Å². The first-order chi connectivity index (χ1) is 11.7. The van der Waals surface area contributed by atoms with E-state index in [1.165, 1.54) is 16.7 Å². The molecule has 2 aromatic carbocycles. The Morgan fingerprint density at radius 2 is 1.88 bits per heavy atom. The SMILES string of the molecule is CN=C(NCCc1cccc(Cl)c1)NCc1ccccc1COC. The zero-order valence-corrected chi connectivity index (χ0v) is 14.9. The second-order valence-corrected chi connectivity index (χ2v) is 5.87. The Morgan fingerprint density at radius 1 is 1.08 bits per heavy atom. The molecule has 2 N–H and O–H groups in total. The Hall–Kier alpha value is -2.04. The molecular weight excluding hydrogens is 322 g/mol. The number of hydrogen-bond donors (Lipinski definition) is 2. The predicted octanol–water partition coefficient (Wildman–Crippen LogP) is 3.39. The van der Waals surface area contributed by atoms with Crippen molar-refractivity contribution in [3.05, 3.63) is 70.2 Å². The number of aliphatic imine (C=N–C) groups is 1. The molecular formula is C19H24ClN3O. The molecule has 0 radical (unpaired) electrons. The van der Waals surface area contributed by atoms with E-state index in [-0.39, 0.29) is 0 Å². The largest absolute Gasteiger partial charge is 0.380 e. The minimum absolute atomic E-state index is 0.610. The maximum Gasteiger partial charge on any atom is 0.191 e. The van der Waals surface area contributed by atoms with E-state index in [0.29, 0.717) is 13.2 Å². The highest BCUT2D eigenvalue weighted by molar-refractivity contribution is 6.30. The van der Waals surface area contributed by atoms with Crippen LogP contribution in [0.4, 0.5) is 0 Å². The number of rotatable bonds is 7. The van der Waals surface area contributed by atoms with Crippen LogP contribution in [0, 0.1) is 0 Å². The topological polar surface area (TPSA) is 45.7 Å². The summed E-state index contributed by atoms with van der Waals surface area (Å²) in [7, 11) is 3.48. The van der Waals surface area contributed by atoms with Crippen molar-refractivity contribution >= 4 is 17.6 Å². The number of hydrogen-bond acceptors (Lipinski definition) is 2. The molecule has 0 saturated carbocycles. The first-order valence-corrected chi connectivity index (χ1v) is 8.35. The summed E-state index contributed by atoms with van der Waals surface area (Å²) >= 11 is 6.00. The van der Waals surface area contributed by atoms with E-state index in [1.807, 2.05) is 30.3 Å². The molecule has 0 aliphatic heterocycles. The molecule has 4 nitrogen and oxygen atoms in total. The van der Waals surface area contributed by atoms with Crippen molar-refractivity contribution in [3.8, 4) is 0 Å². The maximum absolute atomic E-state index is 6.00. The maximum atomic E-state index is 6.00. The summed E-state index contributed by atoms with van der Waals surface area (Å²) in [5.74, 6) is 0.782. The highest BCUT2D eigenvalue weighted by Gasteiger charge is 2.03. The predicted molar refractivity (Wildman–Crippen MR) is 101 cm³/mol. The second kappa shape index (κ2) is 9.96. The number of nitrogens with one attached hydrogen (secondary N) is 2. The molecule has 0 amide bonds. The lowest BCUT2D eigenvalue weighted by molar-refractivity contribution is 0.184. The average molecular weight is 346 g/mol. The zero-order chi connectivity index (χ0) is 17.2. The molecule has 0 heterocycles. The second-order valence-electron chi connectivity index (χ2n) is 5.43. The van der Waals surface area contributed by atoms with Crippen LogP contribution in [0.15, 0.2) is 53.5 Å². The third-order valence-corrected chi connectivity index (χ3v) is 3.92. The Kier molecular flexibility index (Phi) is 7.59. The van der Waals surface area contributed by atoms with Crippen LogP contribution in [0.25, 0.3) is 0 Å². The third-order valence-electron chi connectivity index (χ3n) is 3.68. The standard InChI is InChI=1S/C19H24ClN3O/c1-21-19(22-11-10-15-6-5-9-18(20)12-15)23-13-16-7-3-4-8-17(16)14-24-2/h3-9,12H,10-11,13-14H2,1-2H3,(H2,21,22,23). The van der Waals surface area contributed by atoms with Crippen LogP contribution in [0.3, 0.4) is 0 Å². The quantitative estimate of drug-likeness (QED) is 0.597. The lowest BCUT2D eigenvalue weighted by Gasteiger charge is -2.14. The normalized spacial score (nSPS) is 11.4. The van der Waals surface area contributed by atoms with Gasteiger partial charge in [0.1, 0.15) is 0 Å². The van der Waals surface area contributed by atoms with Crippen LogP contribution in [0.1, 0.15) is 16.7 Å². The molecule has 5 heteroatoms. The molecule has 0 aromatic heterocycles. The highest BCUT2D eigenvalue weighted by atomic mass is 35.5. The summed E-state index contributed by atoms with van der Waals surface area (Å²) in [6.07, 6.45) is 0.890. The summed E-state index contributed by atoms with van der Waals surface area (Å²) in [4.78, 5) is 4.26. The zero-order valence-electron chi connectivity index (χ0n) is 14.2. The van der Waals surface area contributed by atoms with Crippen molar-refractivity contribution in [3.63, 3.8) is 0 Å². The third kappa shape index (κ3) is 5.87. The summed E-state index contributed by atoms with van der Waals surface area (Å²) in [5, 5.41) is 7.43. The molecule has 2 rings (SSSR count). The van der Waals surface area contributed by atoms with Gasteiger partial charge < -0.3 is 15.4 Å². The summed E-state index contributed by atoms with van der Waals surface area (Å²) in [5.41, 5.74) is 3.59. The van der Waals surface area contributed by atoms with Crippen molar-refractivity contribution in [1.82, 2.24) is 10.6 Å². The van der Waals surface area contributed by atoms with Crippen molar-refractivity contribution < 1.29 is 4.74 Å². The van der Waals surface area contributed by atoms with Crippen LogP contribution in [0.5, 0.6) is 0 Å². The fourth-order valence-electron chi connectivity index (χ4n) is 2.44. The van der Waals surface area contributed by atoms with Gasteiger partial charge in [0.2, 0.25) is 0 Å². The van der Waals surface area contributed by atoms with Gasteiger partial charge in [-0.05, 0) is 35.2 Å². The number of ether oxygens (including phenoxy) is 1. The smallest absolute Gasteiger partial charge is 0.191 e. The van der Waals surface area contributed by atoms with Crippen molar-refractivity contribution in [2.45, 2.75) is 19.6 Å². The number of nitrogens with zero attached hydrogens (tertiary/aromatic N) is 1. The van der Waals surface area contributed by atoms with Gasteiger partial charge in [-0.2, -0.15) is 0 Å². The van der Waals surface area contributed by atoms with E-state index < -0.39 is 0 Å². The molecule has 0 atom stereocenters. The molecule has 0 unspecified atom stereocenters. The monoisotopic (exact) mass is 345 g/mol. The van der Waals surface area contributed by atoms with Gasteiger partial charge in [-0.15, -0.1) is 0 Å². The minimum atomic E-state index is 0.610. The Bertz CT molecular complexity index is 673. The fourth-order valence-corrected chi connectivity index (χ4v) is 2.66. The summed E-state index contributed by atoms with van der Waals surface area (Å²) in [6, 6.07) is 16.1. The van der Waals surface area contributed by atoms with Gasteiger partial charge in [0.05, 0.1) is 6.61 Å². The van der Waals surface area contributed by atoms with Gasteiger partial charge in [-0.25, -0.2) is 0 Å². The fraction of sp³-hybridized carbons (Fsp3) is 0.316. The number of guanidine groups is 1. The molecule has 0 fully saturated rings. The lowest BCUT2D eigenvalue weighted by Crippen LogP contribution is -2.38. The number of benzene rings is 2. The number of halogens is 1. The molecule has 0 bridgehead atoms. The van der Waals surface area contributed by atoms with Crippen LogP contribution in [-0.4, -0.2) is 26.7 Å². The van der Waals surface area contributed by atoms with E-state index in [9.17, 15) is 0 Å². The molecule has 0 saturated heterocycles. The van der Waals surface area contributed by atoms with Crippen LogP contribution < -0.4 is 10.6 Å². The molecule has 0 spiro atoms. The van der Waals surface area contributed by atoms with Gasteiger partial charge in [0, 0.05) is 32.3 Å². The van der Waals surface area contributed by atoms with Crippen molar-refractivity contribution in [2.24, 2.45) is 4.99 Å². The van der Waals surface area contributed by atoms with E-state index in [2.05, 4.69) is 33.8 Å². The van der Waals surface area contributed by atoms with Crippen LogP contribution in [-0.2, 0) is 24.3 Å². The van der Waals surface area contributed by atoms with Gasteiger partial charge in [0.15, 0.2) is 5.96 Å². The van der Waals surface area contributed by atoms with E-state index >= 15 is 0 Å². The van der Waals surface area contributed by atoms with Crippen molar-refractivity contribution in [1.29, 1.82) is 0 Å². The molecule has 0 aliphatic rings. The molecule has 0 aliphatic carbocycles. The minimum Gasteiger partial charge on any atom is -0.380 e. The first-order valence-electron chi connectivity index (χ1n) is 7.97. The van der Waals surface area contributed by atoms with E-state index in [0.717, 1.165) is 23.9 Å². The van der Waals surface area contributed by atoms with Crippen LogP contribution in [0.2, 0.25) is 5.02 Å². The number of methoxy groups -OCH3 is 1. The van der Waals surface area contributed by atoms with Gasteiger partial charge in [-0.3, -0.25) is 4.99 Å². The molecule has 2 aromatic rings. The molecule has 24 heavy (non-hydrogen) atoms. The van der Waals surface area contributed by atoms with Gasteiger partial charge >= 0.3 is 0 Å². The highest BCUT2D eigenvalue weighted by Crippen LogP contribution is 2.11. The summed E-state index contributed by atoms with van der Waals surface area (Å²) in [6.45, 7) is 2.11. The Labute approximate surface area is 148 Å². The Balaban J connectivity index is 1.82. The summed E-state index contributed by atoms with van der Waals surface area (Å²) < 4.78 is 5.24. The lowest BCUT2D eigenvalue weighted by atomic mass is 10.1. The van der Waals surface area contributed by atoms with Gasteiger partial charge in [-0.1, -0.05) is 48.0 Å². The van der Waals surface area contributed by atoms with E-state index in [1.54, 1.807) is 14.2 Å².